The third-order valence-corrected chi connectivity index (χ3v) is 6.24. The van der Waals surface area contributed by atoms with Crippen LogP contribution in [-0.2, 0) is 16.1 Å². The highest BCUT2D eigenvalue weighted by molar-refractivity contribution is 6.00. The summed E-state index contributed by atoms with van der Waals surface area (Å²) in [5.41, 5.74) is 5.41. The second kappa shape index (κ2) is 6.30. The molecule has 0 radical (unpaired) electrons. The van der Waals surface area contributed by atoms with Gasteiger partial charge in [0.05, 0.1) is 24.8 Å². The predicted molar refractivity (Wildman–Crippen MR) is 107 cm³/mol. The molecule has 1 saturated carbocycles. The lowest BCUT2D eigenvalue weighted by Crippen LogP contribution is -2.39. The number of nitrogens with zero attached hydrogens (tertiary/aromatic N) is 3. The molecule has 2 aromatic rings. The molecule has 0 amide bonds. The number of ether oxygens (including phenoxy) is 3. The highest BCUT2D eigenvalue weighted by Gasteiger charge is 2.94. The first-order valence-electron chi connectivity index (χ1n) is 9.80. The van der Waals surface area contributed by atoms with Crippen LogP contribution < -0.4 is 10.5 Å². The van der Waals surface area contributed by atoms with Crippen LogP contribution in [0.4, 0.5) is 0 Å². The number of amidine groups is 1. The van der Waals surface area contributed by atoms with E-state index < -0.39 is 22.7 Å². The van der Waals surface area contributed by atoms with E-state index in [0.29, 0.717) is 12.4 Å². The van der Waals surface area contributed by atoms with Gasteiger partial charge in [0.2, 0.25) is 0 Å². The van der Waals surface area contributed by atoms with Crippen LogP contribution in [0.1, 0.15) is 24.0 Å². The Morgan fingerprint density at radius 1 is 1.17 bits per heavy atom. The average Bonchev–Trinajstić information content (AvgIpc) is 3.17. The SMILES string of the molecule is C[C@H]1CO[C@]2(N=C(N)[C@@]3(C#N)[C@@H](c4cccc(OCc5ccccc5)c4)[C@@]23C#N)O1. The molecule has 2 fully saturated rings. The van der Waals surface area contributed by atoms with Gasteiger partial charge in [-0.25, -0.2) is 4.99 Å². The first kappa shape index (κ1) is 18.6. The Morgan fingerprint density at radius 2 is 1.97 bits per heavy atom. The van der Waals surface area contributed by atoms with Crippen molar-refractivity contribution in [3.8, 4) is 17.9 Å². The number of fused-ring (bicyclic) bond motifs is 2. The van der Waals surface area contributed by atoms with Crippen molar-refractivity contribution >= 4 is 5.84 Å². The topological polar surface area (TPSA) is 114 Å². The van der Waals surface area contributed by atoms with Gasteiger partial charge in [-0.3, -0.25) is 0 Å². The van der Waals surface area contributed by atoms with Gasteiger partial charge in [-0.2, -0.15) is 10.5 Å². The number of hydrogen-bond acceptors (Lipinski definition) is 7. The summed E-state index contributed by atoms with van der Waals surface area (Å²) >= 11 is 0. The van der Waals surface area contributed by atoms with Crippen molar-refractivity contribution in [1.29, 1.82) is 10.5 Å². The lowest BCUT2D eigenvalue weighted by molar-refractivity contribution is -0.193. The molecule has 2 aromatic carbocycles. The fourth-order valence-corrected chi connectivity index (χ4v) is 4.89. The Bertz CT molecular complexity index is 1120. The van der Waals surface area contributed by atoms with Crippen LogP contribution in [0.25, 0.3) is 0 Å². The molecule has 5 rings (SSSR count). The van der Waals surface area contributed by atoms with Gasteiger partial charge in [-0.05, 0) is 30.2 Å². The summed E-state index contributed by atoms with van der Waals surface area (Å²) in [4.78, 5) is 4.33. The van der Waals surface area contributed by atoms with Gasteiger partial charge in [0.15, 0.2) is 5.41 Å². The average molecular weight is 400 g/mol. The van der Waals surface area contributed by atoms with Crippen molar-refractivity contribution in [3.05, 3.63) is 65.7 Å². The zero-order valence-electron chi connectivity index (χ0n) is 16.4. The van der Waals surface area contributed by atoms with Crippen LogP contribution in [0.2, 0.25) is 0 Å². The summed E-state index contributed by atoms with van der Waals surface area (Å²) in [6.07, 6.45) is -0.247. The maximum absolute atomic E-state index is 10.2. The number of benzene rings is 2. The maximum Gasteiger partial charge on any atom is 0.293 e. The fourth-order valence-electron chi connectivity index (χ4n) is 4.89. The molecule has 1 saturated heterocycles. The lowest BCUT2D eigenvalue weighted by atomic mass is 9.94. The molecule has 30 heavy (non-hydrogen) atoms. The molecule has 1 aliphatic carbocycles. The van der Waals surface area contributed by atoms with Gasteiger partial charge >= 0.3 is 0 Å². The number of nitrogens with two attached hydrogens (primary N) is 1. The lowest BCUT2D eigenvalue weighted by Gasteiger charge is -2.26. The molecule has 0 unspecified atom stereocenters. The first-order chi connectivity index (χ1) is 14.5. The van der Waals surface area contributed by atoms with Crippen LogP contribution in [0.5, 0.6) is 5.75 Å². The van der Waals surface area contributed by atoms with Crippen molar-refractivity contribution in [2.24, 2.45) is 21.6 Å². The summed E-state index contributed by atoms with van der Waals surface area (Å²) in [7, 11) is 0. The Morgan fingerprint density at radius 3 is 2.63 bits per heavy atom. The molecule has 2 aliphatic heterocycles. The quantitative estimate of drug-likeness (QED) is 0.844. The highest BCUT2D eigenvalue weighted by atomic mass is 16.8. The molecular weight excluding hydrogens is 380 g/mol. The minimum absolute atomic E-state index is 0.0845. The largest absolute Gasteiger partial charge is 0.489 e. The molecule has 0 aromatic heterocycles. The standard InChI is InChI=1S/C23H20N4O3/c1-15-11-29-23(30-15)22(14-25)19(21(22,13-24)20(26)27-23)17-8-5-9-18(10-17)28-12-16-6-3-2-4-7-16/h2-10,15,19H,11-12H2,1H3,(H2,26,27)/t15-,19+,21+,22+,23-/m0/s1. The number of aliphatic imine (C=N–C) groups is 1. The van der Waals surface area contributed by atoms with Crippen molar-refractivity contribution in [2.75, 3.05) is 6.61 Å². The van der Waals surface area contributed by atoms with E-state index in [4.69, 9.17) is 19.9 Å². The van der Waals surface area contributed by atoms with E-state index in [1.807, 2.05) is 61.5 Å². The minimum atomic E-state index is -1.55. The fraction of sp³-hybridized carbons (Fsp3) is 0.348. The van der Waals surface area contributed by atoms with Gasteiger partial charge in [-0.15, -0.1) is 0 Å². The minimum Gasteiger partial charge on any atom is -0.489 e. The van der Waals surface area contributed by atoms with E-state index in [-0.39, 0.29) is 18.5 Å². The van der Waals surface area contributed by atoms with Gasteiger partial charge in [-0.1, -0.05) is 42.5 Å². The summed E-state index contributed by atoms with van der Waals surface area (Å²) in [6, 6.07) is 21.8. The monoisotopic (exact) mass is 400 g/mol. The van der Waals surface area contributed by atoms with E-state index in [9.17, 15) is 10.5 Å². The summed E-state index contributed by atoms with van der Waals surface area (Å²) in [5, 5.41) is 20.3. The maximum atomic E-state index is 10.2. The van der Waals surface area contributed by atoms with Crippen molar-refractivity contribution in [1.82, 2.24) is 0 Å². The number of rotatable bonds is 4. The molecule has 0 bridgehead atoms. The molecule has 150 valence electrons. The van der Waals surface area contributed by atoms with E-state index in [2.05, 4.69) is 17.1 Å². The van der Waals surface area contributed by atoms with Crippen molar-refractivity contribution < 1.29 is 14.2 Å². The molecule has 2 N–H and O–H groups in total. The molecule has 7 heteroatoms. The third kappa shape index (κ3) is 2.16. The molecule has 2 heterocycles. The van der Waals surface area contributed by atoms with Crippen LogP contribution in [0.15, 0.2) is 59.6 Å². The summed E-state index contributed by atoms with van der Waals surface area (Å²) in [6.45, 7) is 2.54. The second-order valence-electron chi connectivity index (χ2n) is 7.94. The molecular formula is C23H20N4O3. The molecule has 1 spiro atoms. The zero-order chi connectivity index (χ0) is 21.0. The van der Waals surface area contributed by atoms with Gasteiger partial charge < -0.3 is 19.9 Å². The van der Waals surface area contributed by atoms with E-state index >= 15 is 0 Å². The molecule has 7 nitrogen and oxygen atoms in total. The van der Waals surface area contributed by atoms with Crippen molar-refractivity contribution in [2.45, 2.75) is 31.5 Å². The summed E-state index contributed by atoms with van der Waals surface area (Å²) < 4.78 is 17.7. The zero-order valence-corrected chi connectivity index (χ0v) is 16.4. The van der Waals surface area contributed by atoms with E-state index in [1.54, 1.807) is 0 Å². The molecule has 5 atom stereocenters. The van der Waals surface area contributed by atoms with Crippen LogP contribution in [-0.4, -0.2) is 24.5 Å². The van der Waals surface area contributed by atoms with Crippen LogP contribution >= 0.6 is 0 Å². The van der Waals surface area contributed by atoms with Crippen molar-refractivity contribution in [3.63, 3.8) is 0 Å². The van der Waals surface area contributed by atoms with Gasteiger partial charge in [0, 0.05) is 5.92 Å². The van der Waals surface area contributed by atoms with E-state index in [0.717, 1.165) is 11.1 Å². The van der Waals surface area contributed by atoms with Gasteiger partial charge in [0.25, 0.3) is 5.91 Å². The van der Waals surface area contributed by atoms with Gasteiger partial charge in [0.1, 0.15) is 23.6 Å². The Hall–Kier alpha value is -3.39. The third-order valence-electron chi connectivity index (χ3n) is 6.24. The number of hydrogen-bond donors (Lipinski definition) is 1. The summed E-state index contributed by atoms with van der Waals surface area (Å²) in [5.74, 6) is -1.34. The highest BCUT2D eigenvalue weighted by Crippen LogP contribution is 2.82. The Labute approximate surface area is 174 Å². The van der Waals surface area contributed by atoms with Crippen LogP contribution in [0.3, 0.4) is 0 Å². The normalized spacial score (nSPS) is 35.9. The number of nitriles is 2. The predicted octanol–water partition coefficient (Wildman–Crippen LogP) is 2.84. The molecule has 3 aliphatic rings. The Balaban J connectivity index is 1.50. The Kier molecular flexibility index (Phi) is 3.91. The van der Waals surface area contributed by atoms with E-state index in [1.165, 1.54) is 0 Å². The first-order valence-corrected chi connectivity index (χ1v) is 9.80. The van der Waals surface area contributed by atoms with Crippen LogP contribution in [0, 0.1) is 33.5 Å². The second-order valence-corrected chi connectivity index (χ2v) is 7.94. The smallest absolute Gasteiger partial charge is 0.293 e.